The minimum atomic E-state index is -0.850. The van der Waals surface area contributed by atoms with Crippen LogP contribution in [-0.2, 0) is 9.53 Å². The first-order chi connectivity index (χ1) is 10.5. The standard InChI is InChI=1S/C15H17ClN2O3S/c1-10(9-17)21-15(20)13(7-8-22-2)18-14(19)11-3-5-12(16)6-4-11/h3-6,10,13H,7-8H2,1-2H3,(H,18,19)/t10-,13-/m1/s1. The molecule has 0 aliphatic carbocycles. The predicted octanol–water partition coefficient (Wildman–Crippen LogP) is 2.65. The molecule has 0 bridgehead atoms. The van der Waals surface area contributed by atoms with Crippen LogP contribution < -0.4 is 5.32 Å². The van der Waals surface area contributed by atoms with Gasteiger partial charge in [0.25, 0.3) is 5.91 Å². The third-order valence-corrected chi connectivity index (χ3v) is 3.68. The van der Waals surface area contributed by atoms with Gasteiger partial charge in [0.05, 0.1) is 0 Å². The van der Waals surface area contributed by atoms with E-state index in [-0.39, 0.29) is 5.91 Å². The maximum atomic E-state index is 12.2. The first-order valence-electron chi connectivity index (χ1n) is 6.63. The molecule has 1 aromatic carbocycles. The summed E-state index contributed by atoms with van der Waals surface area (Å²) in [6, 6.07) is 7.39. The molecule has 0 saturated heterocycles. The summed E-state index contributed by atoms with van der Waals surface area (Å²) in [7, 11) is 0. The average Bonchev–Trinajstić information content (AvgIpc) is 2.51. The number of nitrogens with zero attached hydrogens (tertiary/aromatic N) is 1. The summed E-state index contributed by atoms with van der Waals surface area (Å²) in [5.41, 5.74) is 0.402. The van der Waals surface area contributed by atoms with E-state index in [1.54, 1.807) is 36.0 Å². The number of nitrogens with one attached hydrogen (secondary N) is 1. The van der Waals surface area contributed by atoms with Crippen molar-refractivity contribution in [2.24, 2.45) is 0 Å². The van der Waals surface area contributed by atoms with E-state index in [2.05, 4.69) is 5.32 Å². The van der Waals surface area contributed by atoms with E-state index >= 15 is 0 Å². The van der Waals surface area contributed by atoms with Gasteiger partial charge in [-0.3, -0.25) is 4.79 Å². The number of benzene rings is 1. The molecule has 0 heterocycles. The van der Waals surface area contributed by atoms with Gasteiger partial charge < -0.3 is 10.1 Å². The van der Waals surface area contributed by atoms with Crippen molar-refractivity contribution in [2.75, 3.05) is 12.0 Å². The van der Waals surface area contributed by atoms with Crippen molar-refractivity contribution in [3.8, 4) is 6.07 Å². The van der Waals surface area contributed by atoms with Gasteiger partial charge in [0.1, 0.15) is 12.1 Å². The van der Waals surface area contributed by atoms with Crippen molar-refractivity contribution in [2.45, 2.75) is 25.5 Å². The number of halogens is 1. The first kappa shape index (κ1) is 18.3. The minimum Gasteiger partial charge on any atom is -0.446 e. The molecule has 2 atom stereocenters. The fourth-order valence-corrected chi connectivity index (χ4v) is 2.21. The summed E-state index contributed by atoms with van der Waals surface area (Å²) in [5.74, 6) is -0.309. The molecule has 5 nitrogen and oxygen atoms in total. The number of carbonyl (C=O) groups is 2. The first-order valence-corrected chi connectivity index (χ1v) is 8.40. The fourth-order valence-electron chi connectivity index (χ4n) is 1.61. The third-order valence-electron chi connectivity index (χ3n) is 2.78. The van der Waals surface area contributed by atoms with Crippen LogP contribution in [0, 0.1) is 11.3 Å². The van der Waals surface area contributed by atoms with E-state index < -0.39 is 18.1 Å². The molecule has 1 amide bonds. The Morgan fingerprint density at radius 2 is 2.05 bits per heavy atom. The summed E-state index contributed by atoms with van der Waals surface area (Å²) in [6.45, 7) is 1.48. The number of thioether (sulfide) groups is 1. The Morgan fingerprint density at radius 1 is 1.41 bits per heavy atom. The molecule has 0 fully saturated rings. The molecule has 0 saturated carbocycles. The lowest BCUT2D eigenvalue weighted by Crippen LogP contribution is -2.43. The van der Waals surface area contributed by atoms with Crippen LogP contribution in [0.5, 0.6) is 0 Å². The monoisotopic (exact) mass is 340 g/mol. The van der Waals surface area contributed by atoms with Crippen LogP contribution in [0.3, 0.4) is 0 Å². The maximum absolute atomic E-state index is 12.2. The van der Waals surface area contributed by atoms with E-state index in [0.29, 0.717) is 22.8 Å². The number of ether oxygens (including phenoxy) is 1. The lowest BCUT2D eigenvalue weighted by atomic mass is 10.1. The average molecular weight is 341 g/mol. The third kappa shape index (κ3) is 5.96. The van der Waals surface area contributed by atoms with Crippen molar-refractivity contribution < 1.29 is 14.3 Å². The summed E-state index contributed by atoms with van der Waals surface area (Å²) in [5, 5.41) is 11.9. The van der Waals surface area contributed by atoms with Gasteiger partial charge in [-0.15, -0.1) is 0 Å². The molecule has 0 aliphatic heterocycles. The van der Waals surface area contributed by atoms with Crippen LogP contribution in [0.2, 0.25) is 5.02 Å². The van der Waals surface area contributed by atoms with Crippen molar-refractivity contribution in [3.05, 3.63) is 34.9 Å². The van der Waals surface area contributed by atoms with Crippen molar-refractivity contribution in [1.82, 2.24) is 5.32 Å². The molecule has 22 heavy (non-hydrogen) atoms. The number of carbonyl (C=O) groups excluding carboxylic acids is 2. The summed E-state index contributed by atoms with van der Waals surface area (Å²) in [4.78, 5) is 24.2. The molecule has 0 spiro atoms. The van der Waals surface area contributed by atoms with Crippen molar-refractivity contribution in [3.63, 3.8) is 0 Å². The van der Waals surface area contributed by atoms with E-state index in [1.165, 1.54) is 6.92 Å². The Bertz CT molecular complexity index is 557. The highest BCUT2D eigenvalue weighted by Crippen LogP contribution is 2.11. The summed E-state index contributed by atoms with van der Waals surface area (Å²) < 4.78 is 4.97. The second-order valence-electron chi connectivity index (χ2n) is 4.52. The predicted molar refractivity (Wildman–Crippen MR) is 86.9 cm³/mol. The van der Waals surface area contributed by atoms with Crippen LogP contribution in [-0.4, -0.2) is 36.0 Å². The second kappa shape index (κ2) is 9.34. The molecule has 1 N–H and O–H groups in total. The number of nitriles is 1. The van der Waals surface area contributed by atoms with E-state index in [9.17, 15) is 9.59 Å². The Kier molecular flexibility index (Phi) is 7.78. The zero-order valence-electron chi connectivity index (χ0n) is 12.3. The molecular formula is C15H17ClN2O3S. The molecular weight excluding hydrogens is 324 g/mol. The largest absolute Gasteiger partial charge is 0.446 e. The van der Waals surface area contributed by atoms with Crippen LogP contribution in [0.4, 0.5) is 0 Å². The minimum absolute atomic E-state index is 0.385. The number of amides is 1. The summed E-state index contributed by atoms with van der Waals surface area (Å²) in [6.07, 6.45) is 1.48. The van der Waals surface area contributed by atoms with Gasteiger partial charge >= 0.3 is 5.97 Å². The molecule has 1 rings (SSSR count). The Morgan fingerprint density at radius 3 is 2.59 bits per heavy atom. The Labute approximate surface area is 139 Å². The normalized spacial score (nSPS) is 12.8. The Hall–Kier alpha value is -1.71. The molecule has 0 unspecified atom stereocenters. The second-order valence-corrected chi connectivity index (χ2v) is 5.94. The zero-order valence-corrected chi connectivity index (χ0v) is 13.9. The quantitative estimate of drug-likeness (QED) is 0.772. The number of hydrogen-bond acceptors (Lipinski definition) is 5. The lowest BCUT2D eigenvalue weighted by molar-refractivity contribution is -0.148. The molecule has 1 aromatic rings. The number of hydrogen-bond donors (Lipinski definition) is 1. The number of rotatable bonds is 7. The smallest absolute Gasteiger partial charge is 0.329 e. The lowest BCUT2D eigenvalue weighted by Gasteiger charge is -2.18. The van der Waals surface area contributed by atoms with Crippen molar-refractivity contribution >= 4 is 35.2 Å². The van der Waals surface area contributed by atoms with Crippen LogP contribution in [0.1, 0.15) is 23.7 Å². The van der Waals surface area contributed by atoms with E-state index in [1.807, 2.05) is 12.3 Å². The van der Waals surface area contributed by atoms with Gasteiger partial charge in [-0.05, 0) is 49.6 Å². The van der Waals surface area contributed by atoms with Gasteiger partial charge in [-0.2, -0.15) is 17.0 Å². The fraction of sp³-hybridized carbons (Fsp3) is 0.400. The topological polar surface area (TPSA) is 79.2 Å². The van der Waals surface area contributed by atoms with Gasteiger partial charge in [-0.1, -0.05) is 11.6 Å². The highest BCUT2D eigenvalue weighted by molar-refractivity contribution is 7.98. The van der Waals surface area contributed by atoms with Crippen LogP contribution in [0.15, 0.2) is 24.3 Å². The van der Waals surface area contributed by atoms with E-state index in [0.717, 1.165) is 0 Å². The number of esters is 1. The van der Waals surface area contributed by atoms with Gasteiger partial charge in [0.15, 0.2) is 6.10 Å². The highest BCUT2D eigenvalue weighted by atomic mass is 35.5. The van der Waals surface area contributed by atoms with Gasteiger partial charge in [0.2, 0.25) is 0 Å². The molecule has 118 valence electrons. The SMILES string of the molecule is CSCC[C@@H](NC(=O)c1ccc(Cl)cc1)C(=O)O[C@H](C)C#N. The summed E-state index contributed by atoms with van der Waals surface area (Å²) >= 11 is 7.33. The molecule has 0 radical (unpaired) electrons. The van der Waals surface area contributed by atoms with Gasteiger partial charge in [-0.25, -0.2) is 4.79 Å². The van der Waals surface area contributed by atoms with E-state index in [4.69, 9.17) is 21.6 Å². The maximum Gasteiger partial charge on any atom is 0.329 e. The molecule has 0 aliphatic rings. The molecule has 0 aromatic heterocycles. The van der Waals surface area contributed by atoms with Crippen LogP contribution >= 0.6 is 23.4 Å². The zero-order chi connectivity index (χ0) is 16.5. The van der Waals surface area contributed by atoms with Crippen LogP contribution in [0.25, 0.3) is 0 Å². The molecule has 7 heteroatoms. The van der Waals surface area contributed by atoms with Crippen molar-refractivity contribution in [1.29, 1.82) is 5.26 Å². The highest BCUT2D eigenvalue weighted by Gasteiger charge is 2.24. The van der Waals surface area contributed by atoms with Gasteiger partial charge in [0, 0.05) is 10.6 Å². The Balaban J connectivity index is 2.75.